The van der Waals surface area contributed by atoms with Gasteiger partial charge in [0, 0.05) is 16.4 Å². The lowest BCUT2D eigenvalue weighted by molar-refractivity contribution is 1.12. The van der Waals surface area contributed by atoms with Gasteiger partial charge < -0.3 is 0 Å². The van der Waals surface area contributed by atoms with Crippen LogP contribution in [0.2, 0.25) is 5.02 Å². The Balaban J connectivity index is 0.000000461. The van der Waals surface area contributed by atoms with Crippen molar-refractivity contribution in [2.24, 2.45) is 0 Å². The van der Waals surface area contributed by atoms with Crippen molar-refractivity contribution in [3.8, 4) is 0 Å². The normalized spacial score (nSPS) is 8.45. The van der Waals surface area contributed by atoms with Crippen LogP contribution in [0, 0.1) is 13.8 Å². The number of halogens is 1. The third-order valence-electron chi connectivity index (χ3n) is 1.05. The molecule has 0 aliphatic rings. The molecule has 0 radical (unpaired) electrons. The Morgan fingerprint density at radius 2 is 1.45 bits per heavy atom. The van der Waals surface area contributed by atoms with Crippen molar-refractivity contribution in [2.75, 3.05) is 0 Å². The summed E-state index contributed by atoms with van der Waals surface area (Å²) in [4.78, 5) is 4.15. The molecule has 0 saturated carbocycles. The standard InChI is InChI=1S/C7H8ClN.C2H6/c1-5-3-7(8)4-6(2)9-5;1-2/h3-4H,1-2H3;1-2H3. The van der Waals surface area contributed by atoms with Gasteiger partial charge in [-0.25, -0.2) is 0 Å². The molecule has 0 unspecified atom stereocenters. The van der Waals surface area contributed by atoms with E-state index < -0.39 is 0 Å². The van der Waals surface area contributed by atoms with Gasteiger partial charge >= 0.3 is 0 Å². The predicted molar refractivity (Wildman–Crippen MR) is 50.1 cm³/mol. The Morgan fingerprint density at radius 1 is 1.09 bits per heavy atom. The van der Waals surface area contributed by atoms with Crippen molar-refractivity contribution in [3.63, 3.8) is 0 Å². The van der Waals surface area contributed by atoms with Crippen LogP contribution in [0.1, 0.15) is 25.2 Å². The van der Waals surface area contributed by atoms with E-state index in [0.29, 0.717) is 0 Å². The maximum Gasteiger partial charge on any atom is 0.0441 e. The van der Waals surface area contributed by atoms with Crippen molar-refractivity contribution in [2.45, 2.75) is 27.7 Å². The molecule has 0 atom stereocenters. The fourth-order valence-electron chi connectivity index (χ4n) is 0.783. The van der Waals surface area contributed by atoms with Crippen LogP contribution in [0.15, 0.2) is 12.1 Å². The van der Waals surface area contributed by atoms with Crippen molar-refractivity contribution in [1.29, 1.82) is 0 Å². The van der Waals surface area contributed by atoms with Crippen LogP contribution in [-0.2, 0) is 0 Å². The molecule has 2 heteroatoms. The molecule has 0 spiro atoms. The average Bonchev–Trinajstić information content (AvgIpc) is 1.88. The monoisotopic (exact) mass is 171 g/mol. The van der Waals surface area contributed by atoms with Gasteiger partial charge in [0.15, 0.2) is 0 Å². The summed E-state index contributed by atoms with van der Waals surface area (Å²) < 4.78 is 0. The molecular formula is C9H14ClN. The molecule has 0 saturated heterocycles. The SMILES string of the molecule is CC.Cc1cc(Cl)cc(C)n1. The highest BCUT2D eigenvalue weighted by Crippen LogP contribution is 2.09. The lowest BCUT2D eigenvalue weighted by atomic mass is 10.3. The zero-order valence-corrected chi connectivity index (χ0v) is 8.24. The minimum atomic E-state index is 0.764. The molecule has 0 amide bonds. The van der Waals surface area contributed by atoms with Gasteiger partial charge in [-0.05, 0) is 26.0 Å². The van der Waals surface area contributed by atoms with E-state index in [2.05, 4.69) is 4.98 Å². The number of hydrogen-bond donors (Lipinski definition) is 0. The molecule has 0 aliphatic carbocycles. The Bertz CT molecular complexity index is 170. The Kier molecular flexibility index (Phi) is 4.88. The Morgan fingerprint density at radius 3 is 1.73 bits per heavy atom. The molecule has 1 nitrogen and oxygen atoms in total. The molecule has 62 valence electrons. The van der Waals surface area contributed by atoms with E-state index in [-0.39, 0.29) is 0 Å². The van der Waals surface area contributed by atoms with Gasteiger partial charge in [0.1, 0.15) is 0 Å². The minimum absolute atomic E-state index is 0.764. The van der Waals surface area contributed by atoms with E-state index in [4.69, 9.17) is 11.6 Å². The number of hydrogen-bond acceptors (Lipinski definition) is 1. The third kappa shape index (κ3) is 3.99. The molecule has 1 aromatic heterocycles. The second kappa shape index (κ2) is 5.14. The molecule has 11 heavy (non-hydrogen) atoms. The van der Waals surface area contributed by atoms with Gasteiger partial charge in [-0.3, -0.25) is 4.98 Å². The van der Waals surface area contributed by atoms with Crippen molar-refractivity contribution < 1.29 is 0 Å². The highest BCUT2D eigenvalue weighted by atomic mass is 35.5. The lowest BCUT2D eigenvalue weighted by Gasteiger charge is -1.94. The van der Waals surface area contributed by atoms with E-state index >= 15 is 0 Å². The lowest BCUT2D eigenvalue weighted by Crippen LogP contribution is -1.83. The summed E-state index contributed by atoms with van der Waals surface area (Å²) >= 11 is 5.71. The molecule has 0 aliphatic heterocycles. The summed E-state index contributed by atoms with van der Waals surface area (Å²) in [6.07, 6.45) is 0. The molecule has 1 aromatic rings. The number of nitrogens with zero attached hydrogens (tertiary/aromatic N) is 1. The van der Waals surface area contributed by atoms with Crippen LogP contribution in [-0.4, -0.2) is 4.98 Å². The van der Waals surface area contributed by atoms with Crippen molar-refractivity contribution >= 4 is 11.6 Å². The van der Waals surface area contributed by atoms with Crippen LogP contribution in [0.25, 0.3) is 0 Å². The van der Waals surface area contributed by atoms with Crippen LogP contribution in [0.3, 0.4) is 0 Å². The number of aromatic nitrogens is 1. The quantitative estimate of drug-likeness (QED) is 0.583. The van der Waals surface area contributed by atoms with Crippen LogP contribution >= 0.6 is 11.6 Å². The first-order valence-electron chi connectivity index (χ1n) is 3.79. The topological polar surface area (TPSA) is 12.9 Å². The molecule has 0 fully saturated rings. The minimum Gasteiger partial charge on any atom is -0.258 e. The number of aryl methyl sites for hydroxylation is 2. The second-order valence-corrected chi connectivity index (χ2v) is 2.50. The molecule has 1 rings (SSSR count). The van der Waals surface area contributed by atoms with E-state index in [1.54, 1.807) is 0 Å². The maximum atomic E-state index is 5.71. The third-order valence-corrected chi connectivity index (χ3v) is 1.26. The van der Waals surface area contributed by atoms with Crippen molar-refractivity contribution in [1.82, 2.24) is 4.98 Å². The van der Waals surface area contributed by atoms with Gasteiger partial charge in [0.2, 0.25) is 0 Å². The van der Waals surface area contributed by atoms with Gasteiger partial charge in [-0.15, -0.1) is 0 Å². The van der Waals surface area contributed by atoms with Crippen molar-refractivity contribution in [3.05, 3.63) is 28.5 Å². The fourth-order valence-corrected chi connectivity index (χ4v) is 1.10. The zero-order chi connectivity index (χ0) is 8.85. The van der Waals surface area contributed by atoms with Crippen LogP contribution < -0.4 is 0 Å². The summed E-state index contributed by atoms with van der Waals surface area (Å²) in [5.41, 5.74) is 1.94. The van der Waals surface area contributed by atoms with E-state index in [9.17, 15) is 0 Å². The average molecular weight is 172 g/mol. The van der Waals surface area contributed by atoms with Crippen LogP contribution in [0.5, 0.6) is 0 Å². The molecular weight excluding hydrogens is 158 g/mol. The Hall–Kier alpha value is -0.560. The summed E-state index contributed by atoms with van der Waals surface area (Å²) in [6, 6.07) is 3.68. The largest absolute Gasteiger partial charge is 0.258 e. The van der Waals surface area contributed by atoms with Crippen LogP contribution in [0.4, 0.5) is 0 Å². The second-order valence-electron chi connectivity index (χ2n) is 2.07. The maximum absolute atomic E-state index is 5.71. The molecule has 0 N–H and O–H groups in total. The Labute approximate surface area is 73.4 Å². The van der Waals surface area contributed by atoms with E-state index in [1.807, 2.05) is 39.8 Å². The van der Waals surface area contributed by atoms with E-state index in [0.717, 1.165) is 16.4 Å². The first-order chi connectivity index (χ1) is 5.18. The summed E-state index contributed by atoms with van der Waals surface area (Å²) in [6.45, 7) is 7.86. The smallest absolute Gasteiger partial charge is 0.0441 e. The van der Waals surface area contributed by atoms with Gasteiger partial charge in [0.05, 0.1) is 0 Å². The summed E-state index contributed by atoms with van der Waals surface area (Å²) in [5, 5.41) is 0.764. The molecule has 1 heterocycles. The highest BCUT2D eigenvalue weighted by Gasteiger charge is 1.90. The molecule has 0 bridgehead atoms. The zero-order valence-electron chi connectivity index (χ0n) is 7.48. The van der Waals surface area contributed by atoms with E-state index in [1.165, 1.54) is 0 Å². The number of rotatable bonds is 0. The first-order valence-corrected chi connectivity index (χ1v) is 4.17. The predicted octanol–water partition coefficient (Wildman–Crippen LogP) is 3.38. The fraction of sp³-hybridized carbons (Fsp3) is 0.444. The van der Waals surface area contributed by atoms with Gasteiger partial charge in [0.25, 0.3) is 0 Å². The number of pyridine rings is 1. The highest BCUT2D eigenvalue weighted by molar-refractivity contribution is 6.30. The summed E-state index contributed by atoms with van der Waals surface area (Å²) in [7, 11) is 0. The van der Waals surface area contributed by atoms with Gasteiger partial charge in [-0.2, -0.15) is 0 Å². The first kappa shape index (κ1) is 10.4. The summed E-state index contributed by atoms with van der Waals surface area (Å²) in [5.74, 6) is 0. The van der Waals surface area contributed by atoms with Gasteiger partial charge in [-0.1, -0.05) is 25.4 Å². The molecule has 0 aromatic carbocycles.